The van der Waals surface area contributed by atoms with Crippen molar-refractivity contribution in [1.29, 1.82) is 0 Å². The van der Waals surface area contributed by atoms with Gasteiger partial charge in [-0.1, -0.05) is 205 Å². The topological polar surface area (TPSA) is 320 Å². The maximum absolute atomic E-state index is 12.3. The van der Waals surface area contributed by atoms with Gasteiger partial charge in [-0.2, -0.15) is 0 Å². The van der Waals surface area contributed by atoms with Gasteiger partial charge in [0.05, 0.1) is 66.9 Å². The molecule has 0 saturated heterocycles. The highest BCUT2D eigenvalue weighted by atomic mass is 32.1. The number of aromatic nitrogens is 8. The summed E-state index contributed by atoms with van der Waals surface area (Å²) in [5.74, 6) is 2.58. The number of aromatic amines is 2. The number of thiophene rings is 1. The quantitative estimate of drug-likeness (QED) is 0.0551. The lowest BCUT2D eigenvalue weighted by molar-refractivity contribution is -0.136. The number of fused-ring (bicyclic) bond motifs is 8. The van der Waals surface area contributed by atoms with E-state index in [1.807, 2.05) is 312 Å². The van der Waals surface area contributed by atoms with Crippen LogP contribution in [0.1, 0.15) is 136 Å². The van der Waals surface area contributed by atoms with Crippen molar-refractivity contribution in [2.24, 2.45) is 5.92 Å². The van der Waals surface area contributed by atoms with Crippen molar-refractivity contribution in [3.8, 4) is 90.7 Å². The van der Waals surface area contributed by atoms with Gasteiger partial charge in [-0.3, -0.25) is 23.8 Å². The lowest BCUT2D eigenvalue weighted by atomic mass is 9.84. The molecule has 678 valence electrons. The molecule has 136 heavy (non-hydrogen) atoms. The number of hydrogen-bond donors (Lipinski definition) is 4. The first-order valence-electron chi connectivity index (χ1n) is 44.9. The Balaban J connectivity index is 0.000000117. The summed E-state index contributed by atoms with van der Waals surface area (Å²) in [6.07, 6.45) is 1.38. The summed E-state index contributed by atoms with van der Waals surface area (Å²) < 4.78 is 54.9. The van der Waals surface area contributed by atoms with Crippen molar-refractivity contribution in [2.75, 3.05) is 0 Å². The molecular formula is C112H94N8O15S. The second kappa shape index (κ2) is 37.4. The highest BCUT2D eigenvalue weighted by molar-refractivity contribution is 7.22. The number of aromatic carboxylic acids is 1. The predicted octanol–water partition coefficient (Wildman–Crippen LogP) is 27.1. The van der Waals surface area contributed by atoms with Crippen LogP contribution in [0.4, 0.5) is 0 Å². The Morgan fingerprint density at radius 3 is 1.15 bits per heavy atom. The molecule has 0 radical (unpaired) electrons. The zero-order valence-electron chi connectivity index (χ0n) is 76.6. The van der Waals surface area contributed by atoms with Crippen molar-refractivity contribution in [1.82, 2.24) is 40.2 Å². The van der Waals surface area contributed by atoms with Gasteiger partial charge in [-0.25, -0.2) is 34.3 Å². The van der Waals surface area contributed by atoms with E-state index in [-0.39, 0.29) is 36.4 Å². The largest absolute Gasteiger partial charge is 0.490 e. The number of aryl methyl sites for hydroxylation is 8. The number of aliphatic carboxylic acids is 1. The number of rotatable bonds is 20. The molecule has 4 N–H and O–H groups in total. The standard InChI is InChI=1S/2C29H23N3O4.C29H25NO4.C25H23NO3S/c2*1-16-13-14-24(34-18(3)19-9-5-4-6-10-19)25-21(28-31-29(33)36-32-28)15-22(30-26(16)25)27-17(2)20-11-7-8-12-23(20)35-27;1-17-13-14-25(33-19(3)20-9-5-4-6-10-20)27-21(16-26(31)32)15-23(30-28(17)27)29-18(2)22-11-7-8-12-24(22)34-29;1-13-10-16(11-13)29-20-9-8-14(2)23-22(20)18(25(27)28)12-19(26-23)24-15(3)17-6-4-5-7-21(17)30-24/h2*4-15,18H,1-3H3,(H,31,32,33);4-15,19H,16H2,1-3H3,(H,31,32);4-9,12-13,16H,10-11H2,1-3H3,(H,27,28)/t2*18-;;/m10../s1. The Hall–Kier alpha value is -16.3. The van der Waals surface area contributed by atoms with Crippen LogP contribution in [-0.4, -0.2) is 68.5 Å². The second-order valence-electron chi connectivity index (χ2n) is 34.5. The van der Waals surface area contributed by atoms with Crippen molar-refractivity contribution >= 4 is 110 Å². The van der Waals surface area contributed by atoms with E-state index in [0.717, 1.165) is 139 Å². The van der Waals surface area contributed by atoms with Gasteiger partial charge in [0, 0.05) is 54.1 Å². The molecule has 0 bridgehead atoms. The minimum absolute atomic E-state index is 0.148. The minimum Gasteiger partial charge on any atom is -0.490 e. The van der Waals surface area contributed by atoms with Gasteiger partial charge >= 0.3 is 23.5 Å². The third kappa shape index (κ3) is 17.6. The number of carboxylic acids is 2. The van der Waals surface area contributed by atoms with Crippen molar-refractivity contribution in [3.05, 3.63) is 354 Å². The lowest BCUT2D eigenvalue weighted by Gasteiger charge is -2.33. The Morgan fingerprint density at radius 1 is 0.412 bits per heavy atom. The molecule has 1 aliphatic carbocycles. The molecular weight excluding hydrogens is 1730 g/mol. The van der Waals surface area contributed by atoms with Gasteiger partial charge in [0.1, 0.15) is 75.1 Å². The molecule has 10 heterocycles. The number of H-pyrrole nitrogens is 2. The number of carboxylic acid groups (broad SMARTS) is 2. The molecule has 1 saturated carbocycles. The maximum atomic E-state index is 12.3. The normalized spacial score (nSPS) is 13.6. The monoisotopic (exact) mass is 1820 g/mol. The fourth-order valence-corrected chi connectivity index (χ4v) is 19.1. The number of benzene rings is 11. The number of furan rings is 3. The first-order chi connectivity index (χ1) is 65.8. The van der Waals surface area contributed by atoms with Crippen LogP contribution in [0, 0.1) is 61.3 Å². The SMILES string of the molecule is Cc1c(-c2cc(-c3noc(=O)[nH]3)c3c(O[C@@H](C)c4ccccc4)ccc(C)c3n2)oc2ccccc12.Cc1c(-c2cc(-c3noc(=O)[nH]3)c3c(O[C@H](C)c4ccccc4)ccc(C)c3n2)oc2ccccc12.Cc1c(-c2cc(C(=O)O)c3c(OC4CC(C)C4)ccc(C)c3n2)sc2ccccc12.Cc1c(-c2cc(CC(=O)O)c3c(OC(C)c4ccccc4)ccc(C)c3n2)oc2ccccc12. The average Bonchev–Trinajstić information content (AvgIpc) is 1.57. The number of para-hydroxylation sites is 3. The average molecular weight is 1820 g/mol. The fourth-order valence-electron chi connectivity index (χ4n) is 18.0. The first-order valence-corrected chi connectivity index (χ1v) is 45.7. The lowest BCUT2D eigenvalue weighted by Crippen LogP contribution is -2.32. The van der Waals surface area contributed by atoms with E-state index in [2.05, 4.69) is 46.3 Å². The molecule has 11 aromatic carbocycles. The van der Waals surface area contributed by atoms with Crippen LogP contribution in [0.2, 0.25) is 0 Å². The van der Waals surface area contributed by atoms with Crippen molar-refractivity contribution in [3.63, 3.8) is 0 Å². The third-order valence-corrected chi connectivity index (χ3v) is 26.5. The maximum Gasteiger partial charge on any atom is 0.439 e. The van der Waals surface area contributed by atoms with E-state index in [4.69, 9.17) is 61.2 Å². The van der Waals surface area contributed by atoms with Gasteiger partial charge in [0.25, 0.3) is 0 Å². The fraction of sp³-hybridized carbons (Fsp3) is 0.179. The third-order valence-electron chi connectivity index (χ3n) is 25.2. The van der Waals surface area contributed by atoms with Crippen LogP contribution < -0.4 is 30.5 Å². The van der Waals surface area contributed by atoms with E-state index >= 15 is 0 Å². The Bertz CT molecular complexity index is 8040. The number of hydrogen-bond acceptors (Lipinski definition) is 20. The van der Waals surface area contributed by atoms with Gasteiger partial charge < -0.3 is 42.4 Å². The Labute approximate surface area is 784 Å². The van der Waals surface area contributed by atoms with E-state index < -0.39 is 23.5 Å². The van der Waals surface area contributed by atoms with Crippen molar-refractivity contribution < 1.29 is 61.0 Å². The van der Waals surface area contributed by atoms with E-state index in [0.29, 0.717) is 114 Å². The molecule has 1 unspecified atom stereocenters. The summed E-state index contributed by atoms with van der Waals surface area (Å²) in [4.78, 5) is 74.2. The molecule has 0 spiro atoms. The summed E-state index contributed by atoms with van der Waals surface area (Å²) in [5, 5.41) is 34.8. The molecule has 24 heteroatoms. The van der Waals surface area contributed by atoms with Crippen LogP contribution in [-0.2, 0) is 11.2 Å². The summed E-state index contributed by atoms with van der Waals surface area (Å²) in [6, 6.07) is 84.5. The van der Waals surface area contributed by atoms with Crippen LogP contribution >= 0.6 is 11.3 Å². The molecule has 22 rings (SSSR count). The van der Waals surface area contributed by atoms with Gasteiger partial charge in [0.2, 0.25) is 0 Å². The van der Waals surface area contributed by atoms with E-state index in [9.17, 15) is 29.4 Å². The van der Waals surface area contributed by atoms with Crippen LogP contribution in [0.3, 0.4) is 0 Å². The molecule has 21 aromatic rings. The number of nitrogens with zero attached hydrogens (tertiary/aromatic N) is 6. The summed E-state index contributed by atoms with van der Waals surface area (Å²) >= 11 is 1.65. The molecule has 0 amide bonds. The van der Waals surface area contributed by atoms with E-state index in [1.165, 1.54) is 10.1 Å². The van der Waals surface area contributed by atoms with Gasteiger partial charge in [0.15, 0.2) is 28.9 Å². The van der Waals surface area contributed by atoms with Crippen LogP contribution in [0.25, 0.3) is 154 Å². The molecule has 1 fully saturated rings. The number of carbonyl (C=O) groups is 2. The van der Waals surface area contributed by atoms with E-state index in [1.54, 1.807) is 17.4 Å². The summed E-state index contributed by atoms with van der Waals surface area (Å²) in [5.41, 5.74) is 21.0. The van der Waals surface area contributed by atoms with Gasteiger partial charge in [-0.15, -0.1) is 11.3 Å². The number of pyridine rings is 4. The van der Waals surface area contributed by atoms with Crippen LogP contribution in [0.5, 0.6) is 23.0 Å². The Morgan fingerprint density at radius 2 is 0.772 bits per heavy atom. The highest BCUT2D eigenvalue weighted by Gasteiger charge is 2.32. The summed E-state index contributed by atoms with van der Waals surface area (Å²) in [7, 11) is 0. The molecule has 1 aliphatic rings. The summed E-state index contributed by atoms with van der Waals surface area (Å²) in [6.45, 7) is 24.2. The minimum atomic E-state index is -0.958. The van der Waals surface area contributed by atoms with Crippen LogP contribution in [0.15, 0.2) is 293 Å². The molecule has 0 aliphatic heterocycles. The first kappa shape index (κ1) is 88.9. The molecule has 10 aromatic heterocycles. The smallest absolute Gasteiger partial charge is 0.439 e. The Kier molecular flexibility index (Phi) is 24.4. The molecule has 3 atom stereocenters. The number of ether oxygens (including phenoxy) is 4. The second-order valence-corrected chi connectivity index (χ2v) is 35.6. The van der Waals surface area contributed by atoms with Crippen molar-refractivity contribution in [2.45, 2.75) is 127 Å². The zero-order valence-corrected chi connectivity index (χ0v) is 77.4. The zero-order chi connectivity index (χ0) is 94.4. The number of nitrogens with one attached hydrogen (secondary N) is 2. The highest BCUT2D eigenvalue weighted by Crippen LogP contribution is 2.48. The predicted molar refractivity (Wildman–Crippen MR) is 531 cm³/mol. The molecule has 23 nitrogen and oxygen atoms in total. The van der Waals surface area contributed by atoms with Gasteiger partial charge in [-0.05, 0) is 223 Å².